The molecule has 6 nitrogen and oxygen atoms in total. The van der Waals surface area contributed by atoms with Crippen LogP contribution >= 0.6 is 0 Å². The summed E-state index contributed by atoms with van der Waals surface area (Å²) in [6, 6.07) is 1.86. The molecule has 138 valence electrons. The lowest BCUT2D eigenvalue weighted by molar-refractivity contribution is 0.266. The maximum atomic E-state index is 4.51. The second kappa shape index (κ2) is 9.02. The molecule has 1 aromatic heterocycles. The van der Waals surface area contributed by atoms with Crippen LogP contribution in [0.3, 0.4) is 0 Å². The number of aliphatic imine (C=N–C) groups is 1. The lowest BCUT2D eigenvalue weighted by atomic mass is 9.81. The van der Waals surface area contributed by atoms with Gasteiger partial charge in [-0.25, -0.2) is 9.97 Å². The van der Waals surface area contributed by atoms with Gasteiger partial charge in [-0.3, -0.25) is 4.99 Å². The zero-order chi connectivity index (χ0) is 17.5. The molecule has 2 heterocycles. The van der Waals surface area contributed by atoms with Gasteiger partial charge in [-0.05, 0) is 30.7 Å². The van der Waals surface area contributed by atoms with Crippen LogP contribution in [0.4, 0.5) is 5.95 Å². The summed E-state index contributed by atoms with van der Waals surface area (Å²) in [4.78, 5) is 17.8. The maximum absolute atomic E-state index is 4.51. The van der Waals surface area contributed by atoms with Crippen molar-refractivity contribution in [2.45, 2.75) is 39.0 Å². The van der Waals surface area contributed by atoms with Crippen molar-refractivity contribution in [2.75, 3.05) is 44.7 Å². The Morgan fingerprint density at radius 3 is 2.32 bits per heavy atom. The molecule has 0 spiro atoms. The third-order valence-corrected chi connectivity index (χ3v) is 5.72. The Labute approximate surface area is 151 Å². The van der Waals surface area contributed by atoms with Gasteiger partial charge in [0.2, 0.25) is 5.95 Å². The molecule has 2 aliphatic rings. The molecule has 0 atom stereocenters. The molecule has 0 unspecified atom stereocenters. The first-order valence-corrected chi connectivity index (χ1v) is 9.77. The third kappa shape index (κ3) is 4.83. The van der Waals surface area contributed by atoms with E-state index in [2.05, 4.69) is 37.0 Å². The van der Waals surface area contributed by atoms with Crippen molar-refractivity contribution in [2.24, 2.45) is 16.8 Å². The summed E-state index contributed by atoms with van der Waals surface area (Å²) in [6.07, 6.45) is 10.5. The molecule has 2 fully saturated rings. The SMILES string of the molecule is CCC1CCC(CNC(=NC)N2CCN(c3ncccn3)CC2)CC1. The quantitative estimate of drug-likeness (QED) is 0.671. The molecule has 1 saturated carbocycles. The number of nitrogens with zero attached hydrogens (tertiary/aromatic N) is 5. The highest BCUT2D eigenvalue weighted by molar-refractivity contribution is 5.80. The van der Waals surface area contributed by atoms with E-state index in [1.807, 2.05) is 25.5 Å². The average Bonchev–Trinajstić information content (AvgIpc) is 2.70. The number of anilines is 1. The fourth-order valence-corrected chi connectivity index (χ4v) is 3.98. The predicted molar refractivity (Wildman–Crippen MR) is 103 cm³/mol. The lowest BCUT2D eigenvalue weighted by Crippen LogP contribution is -2.53. The van der Waals surface area contributed by atoms with E-state index in [0.717, 1.165) is 56.5 Å². The Kier molecular flexibility index (Phi) is 6.48. The Morgan fingerprint density at radius 1 is 1.08 bits per heavy atom. The van der Waals surface area contributed by atoms with Gasteiger partial charge < -0.3 is 15.1 Å². The van der Waals surface area contributed by atoms with E-state index in [9.17, 15) is 0 Å². The standard InChI is InChI=1S/C19H32N6/c1-3-16-5-7-17(8-6-16)15-23-18(20-2)24-11-13-25(14-12-24)19-21-9-4-10-22-19/h4,9-10,16-17H,3,5-8,11-15H2,1-2H3,(H,20,23). The number of piperazine rings is 1. The third-order valence-electron chi connectivity index (χ3n) is 5.72. The van der Waals surface area contributed by atoms with E-state index in [-0.39, 0.29) is 0 Å². The first kappa shape index (κ1) is 18.0. The van der Waals surface area contributed by atoms with Gasteiger partial charge in [0.25, 0.3) is 0 Å². The highest BCUT2D eigenvalue weighted by Gasteiger charge is 2.23. The molecule has 0 aromatic carbocycles. The summed E-state index contributed by atoms with van der Waals surface area (Å²) in [5.41, 5.74) is 0. The van der Waals surface area contributed by atoms with Gasteiger partial charge in [0.15, 0.2) is 5.96 Å². The molecule has 0 amide bonds. The minimum absolute atomic E-state index is 0.804. The van der Waals surface area contributed by atoms with Crippen LogP contribution in [0.5, 0.6) is 0 Å². The monoisotopic (exact) mass is 344 g/mol. The second-order valence-electron chi connectivity index (χ2n) is 7.25. The van der Waals surface area contributed by atoms with Gasteiger partial charge in [-0.1, -0.05) is 26.2 Å². The van der Waals surface area contributed by atoms with E-state index in [1.165, 1.54) is 32.1 Å². The Morgan fingerprint density at radius 2 is 1.72 bits per heavy atom. The van der Waals surface area contributed by atoms with Gasteiger partial charge in [0, 0.05) is 52.2 Å². The minimum atomic E-state index is 0.804. The van der Waals surface area contributed by atoms with Gasteiger partial charge >= 0.3 is 0 Å². The van der Waals surface area contributed by atoms with Crippen LogP contribution in [-0.2, 0) is 0 Å². The van der Waals surface area contributed by atoms with Crippen LogP contribution in [-0.4, -0.2) is 60.6 Å². The Bertz CT molecular complexity index is 530. The second-order valence-corrected chi connectivity index (χ2v) is 7.25. The van der Waals surface area contributed by atoms with Gasteiger partial charge in [-0.2, -0.15) is 0 Å². The largest absolute Gasteiger partial charge is 0.356 e. The number of hydrogen-bond acceptors (Lipinski definition) is 4. The molecule has 1 N–H and O–H groups in total. The molecule has 0 radical (unpaired) electrons. The molecule has 1 aromatic rings. The first-order chi connectivity index (χ1) is 12.3. The average molecular weight is 345 g/mol. The van der Waals surface area contributed by atoms with Crippen LogP contribution in [0.25, 0.3) is 0 Å². The lowest BCUT2D eigenvalue weighted by Gasteiger charge is -2.37. The summed E-state index contributed by atoms with van der Waals surface area (Å²) in [5, 5.41) is 3.62. The van der Waals surface area contributed by atoms with E-state index in [1.54, 1.807) is 0 Å². The zero-order valence-electron chi connectivity index (χ0n) is 15.7. The zero-order valence-corrected chi connectivity index (χ0v) is 15.7. The molecular formula is C19H32N6. The van der Waals surface area contributed by atoms with Gasteiger partial charge in [0.05, 0.1) is 0 Å². The number of guanidine groups is 1. The molecule has 3 rings (SSSR count). The summed E-state index contributed by atoms with van der Waals surface area (Å²) in [7, 11) is 1.89. The summed E-state index contributed by atoms with van der Waals surface area (Å²) in [6.45, 7) is 7.18. The highest BCUT2D eigenvalue weighted by atomic mass is 15.4. The van der Waals surface area contributed by atoms with Crippen molar-refractivity contribution >= 4 is 11.9 Å². The van der Waals surface area contributed by atoms with Crippen LogP contribution in [0.2, 0.25) is 0 Å². The van der Waals surface area contributed by atoms with E-state index in [0.29, 0.717) is 0 Å². The maximum Gasteiger partial charge on any atom is 0.225 e. The molecule has 1 aliphatic carbocycles. The number of hydrogen-bond donors (Lipinski definition) is 1. The number of nitrogens with one attached hydrogen (secondary N) is 1. The number of rotatable bonds is 4. The minimum Gasteiger partial charge on any atom is -0.356 e. The molecular weight excluding hydrogens is 312 g/mol. The van der Waals surface area contributed by atoms with Crippen molar-refractivity contribution in [1.29, 1.82) is 0 Å². The highest BCUT2D eigenvalue weighted by Crippen LogP contribution is 2.30. The summed E-state index contributed by atoms with van der Waals surface area (Å²) < 4.78 is 0. The number of aromatic nitrogens is 2. The Balaban J connectivity index is 1.43. The molecule has 1 aliphatic heterocycles. The topological polar surface area (TPSA) is 56.7 Å². The molecule has 1 saturated heterocycles. The predicted octanol–water partition coefficient (Wildman–Crippen LogP) is 2.39. The normalized spacial score (nSPS) is 25.1. The van der Waals surface area contributed by atoms with Gasteiger partial charge in [-0.15, -0.1) is 0 Å². The summed E-state index contributed by atoms with van der Waals surface area (Å²) >= 11 is 0. The van der Waals surface area contributed by atoms with Crippen LogP contribution in [0, 0.1) is 11.8 Å². The molecule has 0 bridgehead atoms. The van der Waals surface area contributed by atoms with Crippen LogP contribution in [0.15, 0.2) is 23.5 Å². The molecule has 6 heteroatoms. The van der Waals surface area contributed by atoms with Crippen LogP contribution < -0.4 is 10.2 Å². The van der Waals surface area contributed by atoms with Crippen molar-refractivity contribution in [3.05, 3.63) is 18.5 Å². The van der Waals surface area contributed by atoms with E-state index >= 15 is 0 Å². The Hall–Kier alpha value is -1.85. The molecule has 25 heavy (non-hydrogen) atoms. The van der Waals surface area contributed by atoms with Crippen molar-refractivity contribution in [3.63, 3.8) is 0 Å². The van der Waals surface area contributed by atoms with Crippen molar-refractivity contribution in [1.82, 2.24) is 20.2 Å². The fraction of sp³-hybridized carbons (Fsp3) is 0.737. The van der Waals surface area contributed by atoms with Crippen molar-refractivity contribution in [3.8, 4) is 0 Å². The van der Waals surface area contributed by atoms with Crippen LogP contribution in [0.1, 0.15) is 39.0 Å². The van der Waals surface area contributed by atoms with Crippen molar-refractivity contribution < 1.29 is 0 Å². The first-order valence-electron chi connectivity index (χ1n) is 9.77. The fourth-order valence-electron chi connectivity index (χ4n) is 3.98. The smallest absolute Gasteiger partial charge is 0.225 e. The van der Waals surface area contributed by atoms with E-state index in [4.69, 9.17) is 0 Å². The summed E-state index contributed by atoms with van der Waals surface area (Å²) in [5.74, 6) is 3.64. The van der Waals surface area contributed by atoms with Gasteiger partial charge in [0.1, 0.15) is 0 Å². The van der Waals surface area contributed by atoms with E-state index < -0.39 is 0 Å².